The Balaban J connectivity index is 1.83. The Morgan fingerprint density at radius 3 is 2.70 bits per heavy atom. The Kier molecular flexibility index (Phi) is 6.80. The number of anilines is 1. The number of para-hydroxylation sites is 2. The smallest absolute Gasteiger partial charge is 0.348 e. The van der Waals surface area contributed by atoms with Crippen molar-refractivity contribution in [1.29, 1.82) is 0 Å². The van der Waals surface area contributed by atoms with E-state index in [1.807, 2.05) is 0 Å². The van der Waals surface area contributed by atoms with E-state index in [0.717, 1.165) is 11.3 Å². The summed E-state index contributed by atoms with van der Waals surface area (Å²) in [5, 5.41) is 3.01. The third-order valence-corrected chi connectivity index (χ3v) is 5.50. The highest BCUT2D eigenvalue weighted by molar-refractivity contribution is 7.20. The maximum atomic E-state index is 12.9. The lowest BCUT2D eigenvalue weighted by Gasteiger charge is -2.10. The summed E-state index contributed by atoms with van der Waals surface area (Å²) in [7, 11) is 3.01. The normalized spacial score (nSPS) is 10.8. The molecule has 0 aliphatic rings. The predicted molar refractivity (Wildman–Crippen MR) is 112 cm³/mol. The summed E-state index contributed by atoms with van der Waals surface area (Å²) in [5.74, 6) is -0.431. The molecule has 0 saturated carbocycles. The van der Waals surface area contributed by atoms with Gasteiger partial charge in [-0.15, -0.1) is 11.3 Å². The van der Waals surface area contributed by atoms with Gasteiger partial charge >= 0.3 is 5.97 Å². The van der Waals surface area contributed by atoms with Crippen LogP contribution in [0.4, 0.5) is 5.69 Å². The van der Waals surface area contributed by atoms with Gasteiger partial charge in [-0.25, -0.2) is 9.78 Å². The van der Waals surface area contributed by atoms with Crippen LogP contribution in [0.2, 0.25) is 0 Å². The molecule has 0 radical (unpaired) electrons. The minimum absolute atomic E-state index is 0.115. The van der Waals surface area contributed by atoms with E-state index < -0.39 is 17.4 Å². The van der Waals surface area contributed by atoms with Crippen molar-refractivity contribution in [3.8, 4) is 5.75 Å². The van der Waals surface area contributed by atoms with Crippen LogP contribution in [0.15, 0.2) is 35.4 Å². The molecule has 0 aliphatic heterocycles. The zero-order valence-corrected chi connectivity index (χ0v) is 17.6. The molecule has 0 fully saturated rings. The zero-order valence-electron chi connectivity index (χ0n) is 16.8. The molecule has 158 valence electrons. The fourth-order valence-corrected chi connectivity index (χ4v) is 3.88. The quantitative estimate of drug-likeness (QED) is 0.430. The minimum Gasteiger partial charge on any atom is -0.495 e. The van der Waals surface area contributed by atoms with Crippen LogP contribution in [-0.2, 0) is 20.8 Å². The maximum absolute atomic E-state index is 12.9. The van der Waals surface area contributed by atoms with Crippen molar-refractivity contribution in [2.24, 2.45) is 0 Å². The summed E-state index contributed by atoms with van der Waals surface area (Å²) < 4.78 is 16.4. The molecule has 3 aromatic rings. The first-order valence-electron chi connectivity index (χ1n) is 9.03. The van der Waals surface area contributed by atoms with E-state index in [9.17, 15) is 14.4 Å². The number of methoxy groups -OCH3 is 2. The molecule has 0 aliphatic carbocycles. The van der Waals surface area contributed by atoms with E-state index in [4.69, 9.17) is 14.2 Å². The molecular weight excluding hydrogens is 410 g/mol. The molecule has 30 heavy (non-hydrogen) atoms. The largest absolute Gasteiger partial charge is 0.495 e. The van der Waals surface area contributed by atoms with Gasteiger partial charge in [-0.3, -0.25) is 14.2 Å². The molecule has 0 saturated heterocycles. The second-order valence-electron chi connectivity index (χ2n) is 6.29. The first-order valence-corrected chi connectivity index (χ1v) is 9.85. The topological polar surface area (TPSA) is 109 Å². The molecule has 10 heteroatoms. The fraction of sp³-hybridized carbons (Fsp3) is 0.300. The second-order valence-corrected chi connectivity index (χ2v) is 7.29. The Hall–Kier alpha value is -3.24. The lowest BCUT2D eigenvalue weighted by Crippen LogP contribution is -2.28. The molecule has 0 bridgehead atoms. The minimum atomic E-state index is -0.535. The number of benzene rings is 1. The maximum Gasteiger partial charge on any atom is 0.348 e. The van der Waals surface area contributed by atoms with E-state index in [2.05, 4.69) is 10.3 Å². The van der Waals surface area contributed by atoms with Crippen molar-refractivity contribution in [2.45, 2.75) is 13.5 Å². The van der Waals surface area contributed by atoms with E-state index >= 15 is 0 Å². The number of nitrogens with zero attached hydrogens (tertiary/aromatic N) is 2. The summed E-state index contributed by atoms with van der Waals surface area (Å²) >= 11 is 1.08. The van der Waals surface area contributed by atoms with Crippen LogP contribution in [-0.4, -0.2) is 48.9 Å². The predicted octanol–water partition coefficient (Wildman–Crippen LogP) is 2.22. The highest BCUT2D eigenvalue weighted by Gasteiger charge is 2.21. The number of esters is 1. The van der Waals surface area contributed by atoms with Gasteiger partial charge in [0.1, 0.15) is 28.6 Å². The Morgan fingerprint density at radius 1 is 1.20 bits per heavy atom. The number of thiophene rings is 1. The highest BCUT2D eigenvalue weighted by atomic mass is 32.1. The van der Waals surface area contributed by atoms with Crippen molar-refractivity contribution < 1.29 is 23.8 Å². The number of fused-ring (bicyclic) bond motifs is 1. The number of aromatic nitrogens is 2. The van der Waals surface area contributed by atoms with Crippen molar-refractivity contribution in [2.75, 3.05) is 32.8 Å². The van der Waals surface area contributed by atoms with Gasteiger partial charge in [0.05, 0.1) is 31.1 Å². The number of hydrogen-bond acceptors (Lipinski definition) is 8. The molecule has 1 N–H and O–H groups in total. The van der Waals surface area contributed by atoms with Crippen molar-refractivity contribution >= 4 is 39.1 Å². The van der Waals surface area contributed by atoms with E-state index in [1.54, 1.807) is 31.2 Å². The number of rotatable bonds is 8. The summed E-state index contributed by atoms with van der Waals surface area (Å²) in [6.45, 7) is 1.82. The molecule has 2 aromatic heterocycles. The van der Waals surface area contributed by atoms with Crippen molar-refractivity contribution in [1.82, 2.24) is 9.55 Å². The Bertz CT molecular complexity index is 1140. The molecular formula is C20H21N3O6S. The van der Waals surface area contributed by atoms with E-state index in [1.165, 1.54) is 25.1 Å². The molecule has 1 amide bonds. The summed E-state index contributed by atoms with van der Waals surface area (Å²) in [6.07, 6.45) is 1.29. The molecule has 0 unspecified atom stereocenters. The summed E-state index contributed by atoms with van der Waals surface area (Å²) in [5.41, 5.74) is 0.578. The average molecular weight is 431 g/mol. The molecule has 2 heterocycles. The SMILES string of the molecule is COCCOC(=O)c1sc2ncn(CC(=O)Nc3ccccc3OC)c(=O)c2c1C. The summed E-state index contributed by atoms with van der Waals surface area (Å²) in [6, 6.07) is 6.97. The van der Waals surface area contributed by atoms with Crippen molar-refractivity contribution in [3.63, 3.8) is 0 Å². The number of aryl methyl sites for hydroxylation is 1. The monoisotopic (exact) mass is 431 g/mol. The van der Waals surface area contributed by atoms with Gasteiger partial charge in [0.2, 0.25) is 5.91 Å². The van der Waals surface area contributed by atoms with Crippen LogP contribution >= 0.6 is 11.3 Å². The van der Waals surface area contributed by atoms with Crippen LogP contribution in [0.5, 0.6) is 5.75 Å². The summed E-state index contributed by atoms with van der Waals surface area (Å²) in [4.78, 5) is 42.6. The van der Waals surface area contributed by atoms with E-state index in [0.29, 0.717) is 32.1 Å². The number of amides is 1. The van der Waals surface area contributed by atoms with Crippen LogP contribution < -0.4 is 15.6 Å². The highest BCUT2D eigenvalue weighted by Crippen LogP contribution is 2.27. The fourth-order valence-electron chi connectivity index (χ4n) is 2.84. The van der Waals surface area contributed by atoms with Gasteiger partial charge < -0.3 is 19.5 Å². The third-order valence-electron chi connectivity index (χ3n) is 4.32. The lowest BCUT2D eigenvalue weighted by atomic mass is 10.2. The van der Waals surface area contributed by atoms with Gasteiger partial charge in [0, 0.05) is 7.11 Å². The molecule has 9 nitrogen and oxygen atoms in total. The van der Waals surface area contributed by atoms with Crippen LogP contribution in [0.3, 0.4) is 0 Å². The van der Waals surface area contributed by atoms with Gasteiger partial charge in [-0.05, 0) is 24.6 Å². The van der Waals surface area contributed by atoms with Crippen LogP contribution in [0.25, 0.3) is 10.2 Å². The van der Waals surface area contributed by atoms with Gasteiger partial charge in [0.15, 0.2) is 0 Å². The molecule has 0 spiro atoms. The average Bonchev–Trinajstić information content (AvgIpc) is 3.08. The Morgan fingerprint density at radius 2 is 1.97 bits per heavy atom. The van der Waals surface area contributed by atoms with Gasteiger partial charge in [-0.1, -0.05) is 12.1 Å². The second kappa shape index (κ2) is 9.51. The number of carbonyl (C=O) groups excluding carboxylic acids is 2. The Labute approximate surface area is 176 Å². The first-order chi connectivity index (χ1) is 14.5. The van der Waals surface area contributed by atoms with Crippen LogP contribution in [0.1, 0.15) is 15.2 Å². The number of nitrogens with one attached hydrogen (secondary N) is 1. The lowest BCUT2D eigenvalue weighted by molar-refractivity contribution is -0.116. The zero-order chi connectivity index (χ0) is 21.7. The number of carbonyl (C=O) groups is 2. The van der Waals surface area contributed by atoms with Gasteiger partial charge in [0.25, 0.3) is 5.56 Å². The third kappa shape index (κ3) is 4.50. The molecule has 0 atom stereocenters. The van der Waals surface area contributed by atoms with Crippen molar-refractivity contribution in [3.05, 3.63) is 51.4 Å². The number of ether oxygens (including phenoxy) is 3. The standard InChI is InChI=1S/C20H21N3O6S/c1-12-16-18(30-17(12)20(26)29-9-8-27-2)21-11-23(19(16)25)10-15(24)22-13-6-4-5-7-14(13)28-3/h4-7,11H,8-10H2,1-3H3,(H,22,24). The van der Waals surface area contributed by atoms with Crippen LogP contribution in [0, 0.1) is 6.92 Å². The molecule has 3 rings (SSSR count). The van der Waals surface area contributed by atoms with Gasteiger partial charge in [-0.2, -0.15) is 0 Å². The molecule has 1 aromatic carbocycles. The number of hydrogen-bond donors (Lipinski definition) is 1. The van der Waals surface area contributed by atoms with E-state index in [-0.39, 0.29) is 19.8 Å². The first kappa shape index (κ1) is 21.5.